The van der Waals surface area contributed by atoms with Crippen LogP contribution in [0.1, 0.15) is 33.4 Å². The van der Waals surface area contributed by atoms with Gasteiger partial charge in [0.05, 0.1) is 20.8 Å². The Morgan fingerprint density at radius 3 is 2.48 bits per heavy atom. The van der Waals surface area contributed by atoms with Crippen LogP contribution in [0.4, 0.5) is 0 Å². The van der Waals surface area contributed by atoms with E-state index in [4.69, 9.17) is 23.4 Å². The highest BCUT2D eigenvalue weighted by Crippen LogP contribution is 2.29. The molecule has 7 heteroatoms. The standard InChI is InChI=1S/C22H22O7/c1-4-27-12-16-15-7-5-6-8-18(15)29-21(16)22(24)28-13-17(23)14-9-10-19(25-2)20(11-14)26-3/h5-11H,4,12-13H2,1-3H3. The highest BCUT2D eigenvalue weighted by molar-refractivity contribution is 6.01. The van der Waals surface area contributed by atoms with Gasteiger partial charge in [-0.15, -0.1) is 0 Å². The zero-order valence-corrected chi connectivity index (χ0v) is 16.5. The number of esters is 1. The first-order valence-corrected chi connectivity index (χ1v) is 9.09. The van der Waals surface area contributed by atoms with E-state index in [-0.39, 0.29) is 18.2 Å². The third-order valence-electron chi connectivity index (χ3n) is 4.37. The molecule has 0 radical (unpaired) electrons. The van der Waals surface area contributed by atoms with Gasteiger partial charge in [0.15, 0.2) is 23.9 Å². The van der Waals surface area contributed by atoms with E-state index < -0.39 is 12.6 Å². The quantitative estimate of drug-likeness (QED) is 0.397. The maximum absolute atomic E-state index is 12.6. The van der Waals surface area contributed by atoms with Gasteiger partial charge in [0.25, 0.3) is 0 Å². The Bertz CT molecular complexity index is 1020. The number of carbonyl (C=O) groups is 2. The number of ether oxygens (including phenoxy) is 4. The molecule has 0 aliphatic heterocycles. The van der Waals surface area contributed by atoms with Crippen molar-refractivity contribution in [2.24, 2.45) is 0 Å². The molecule has 3 rings (SSSR count). The second-order valence-electron chi connectivity index (χ2n) is 6.11. The summed E-state index contributed by atoms with van der Waals surface area (Å²) in [6.07, 6.45) is 0. The van der Waals surface area contributed by atoms with E-state index in [2.05, 4.69) is 0 Å². The first kappa shape index (κ1) is 20.4. The number of para-hydroxylation sites is 1. The number of hydrogen-bond donors (Lipinski definition) is 0. The van der Waals surface area contributed by atoms with Crippen molar-refractivity contribution >= 4 is 22.7 Å². The van der Waals surface area contributed by atoms with Crippen molar-refractivity contribution in [3.05, 3.63) is 59.4 Å². The number of benzene rings is 2. The average Bonchev–Trinajstić information content (AvgIpc) is 3.13. The number of rotatable bonds is 9. The summed E-state index contributed by atoms with van der Waals surface area (Å²) in [6.45, 7) is 2.13. The molecule has 0 spiro atoms. The van der Waals surface area contributed by atoms with Crippen molar-refractivity contribution in [1.29, 1.82) is 0 Å². The van der Waals surface area contributed by atoms with Crippen LogP contribution in [0.3, 0.4) is 0 Å². The molecule has 0 aliphatic carbocycles. The van der Waals surface area contributed by atoms with Crippen LogP contribution in [0.25, 0.3) is 11.0 Å². The van der Waals surface area contributed by atoms with Gasteiger partial charge >= 0.3 is 5.97 Å². The molecule has 1 aromatic heterocycles. The Balaban J connectivity index is 1.76. The Kier molecular flexibility index (Phi) is 6.51. The molecule has 0 saturated heterocycles. The summed E-state index contributed by atoms with van der Waals surface area (Å²) in [5.41, 5.74) is 1.50. The van der Waals surface area contributed by atoms with Crippen LogP contribution in [-0.4, -0.2) is 39.2 Å². The SMILES string of the molecule is CCOCc1c(C(=O)OCC(=O)c2ccc(OC)c(OC)c2)oc2ccccc12. The van der Waals surface area contributed by atoms with E-state index in [0.717, 1.165) is 5.39 Å². The zero-order valence-electron chi connectivity index (χ0n) is 16.5. The maximum atomic E-state index is 12.6. The van der Waals surface area contributed by atoms with Crippen molar-refractivity contribution < 1.29 is 33.0 Å². The average molecular weight is 398 g/mol. The number of methoxy groups -OCH3 is 2. The zero-order chi connectivity index (χ0) is 20.8. The van der Waals surface area contributed by atoms with Gasteiger partial charge in [-0.2, -0.15) is 0 Å². The topological polar surface area (TPSA) is 84.2 Å². The third kappa shape index (κ3) is 4.41. The second kappa shape index (κ2) is 9.25. The number of ketones is 1. The summed E-state index contributed by atoms with van der Waals surface area (Å²) in [6, 6.07) is 12.0. The number of carbonyl (C=O) groups excluding carboxylic acids is 2. The van der Waals surface area contributed by atoms with Gasteiger partial charge in [0.2, 0.25) is 5.76 Å². The van der Waals surface area contributed by atoms with Crippen LogP contribution in [0, 0.1) is 0 Å². The van der Waals surface area contributed by atoms with E-state index in [1.54, 1.807) is 18.2 Å². The molecule has 152 valence electrons. The molecule has 0 saturated carbocycles. The smallest absolute Gasteiger partial charge is 0.375 e. The molecule has 3 aromatic rings. The van der Waals surface area contributed by atoms with Crippen LogP contribution in [-0.2, 0) is 16.1 Å². The van der Waals surface area contributed by atoms with Crippen molar-refractivity contribution in [3.63, 3.8) is 0 Å². The molecule has 0 fully saturated rings. The van der Waals surface area contributed by atoms with E-state index >= 15 is 0 Å². The van der Waals surface area contributed by atoms with Crippen molar-refractivity contribution in [2.45, 2.75) is 13.5 Å². The van der Waals surface area contributed by atoms with Crippen molar-refractivity contribution in [3.8, 4) is 11.5 Å². The molecule has 0 amide bonds. The lowest BCUT2D eigenvalue weighted by molar-refractivity contribution is 0.0439. The Labute approximate surface area is 168 Å². The number of fused-ring (bicyclic) bond motifs is 1. The largest absolute Gasteiger partial charge is 0.493 e. The van der Waals surface area contributed by atoms with Gasteiger partial charge in [0, 0.05) is 23.1 Å². The van der Waals surface area contributed by atoms with E-state index in [0.29, 0.717) is 34.8 Å². The maximum Gasteiger partial charge on any atom is 0.375 e. The molecule has 7 nitrogen and oxygen atoms in total. The summed E-state index contributed by atoms with van der Waals surface area (Å²) in [7, 11) is 2.99. The van der Waals surface area contributed by atoms with Crippen molar-refractivity contribution in [1.82, 2.24) is 0 Å². The molecule has 0 unspecified atom stereocenters. The minimum absolute atomic E-state index is 0.0414. The normalized spacial score (nSPS) is 10.7. The highest BCUT2D eigenvalue weighted by atomic mass is 16.5. The highest BCUT2D eigenvalue weighted by Gasteiger charge is 2.23. The minimum Gasteiger partial charge on any atom is -0.493 e. The fourth-order valence-electron chi connectivity index (χ4n) is 2.90. The van der Waals surface area contributed by atoms with Gasteiger partial charge < -0.3 is 23.4 Å². The van der Waals surface area contributed by atoms with Crippen LogP contribution >= 0.6 is 0 Å². The molecule has 0 N–H and O–H groups in total. The fraction of sp³-hybridized carbons (Fsp3) is 0.273. The van der Waals surface area contributed by atoms with Gasteiger partial charge in [-0.1, -0.05) is 18.2 Å². The summed E-state index contributed by atoms with van der Waals surface area (Å²) in [4.78, 5) is 25.0. The molecule has 2 aromatic carbocycles. The lowest BCUT2D eigenvalue weighted by atomic mass is 10.1. The molecule has 0 bridgehead atoms. The Morgan fingerprint density at radius 2 is 1.76 bits per heavy atom. The summed E-state index contributed by atoms with van der Waals surface area (Å²) >= 11 is 0. The molecular formula is C22H22O7. The molecule has 0 atom stereocenters. The van der Waals surface area contributed by atoms with Crippen LogP contribution < -0.4 is 9.47 Å². The van der Waals surface area contributed by atoms with E-state index in [1.165, 1.54) is 20.3 Å². The lowest BCUT2D eigenvalue weighted by Crippen LogP contribution is -2.15. The van der Waals surface area contributed by atoms with Crippen LogP contribution in [0.5, 0.6) is 11.5 Å². The second-order valence-corrected chi connectivity index (χ2v) is 6.11. The summed E-state index contributed by atoms with van der Waals surface area (Å²) < 4.78 is 26.7. The molecule has 29 heavy (non-hydrogen) atoms. The predicted octanol–water partition coefficient (Wildman–Crippen LogP) is 4.03. The number of Topliss-reactive ketones (excluding diaryl/α,β-unsaturated/α-hetero) is 1. The predicted molar refractivity (Wildman–Crippen MR) is 106 cm³/mol. The third-order valence-corrected chi connectivity index (χ3v) is 4.37. The first-order valence-electron chi connectivity index (χ1n) is 9.09. The fourth-order valence-corrected chi connectivity index (χ4v) is 2.90. The first-order chi connectivity index (χ1) is 14.1. The molecular weight excluding hydrogens is 376 g/mol. The van der Waals surface area contributed by atoms with E-state index in [1.807, 2.05) is 25.1 Å². The van der Waals surface area contributed by atoms with Gasteiger partial charge in [-0.25, -0.2) is 4.79 Å². The Hall–Kier alpha value is -3.32. The monoisotopic (exact) mass is 398 g/mol. The molecule has 1 heterocycles. The van der Waals surface area contributed by atoms with E-state index in [9.17, 15) is 9.59 Å². The summed E-state index contributed by atoms with van der Waals surface area (Å²) in [5, 5.41) is 0.777. The van der Waals surface area contributed by atoms with Crippen LogP contribution in [0.2, 0.25) is 0 Å². The van der Waals surface area contributed by atoms with Gasteiger partial charge in [0.1, 0.15) is 5.58 Å². The number of furan rings is 1. The number of hydrogen-bond acceptors (Lipinski definition) is 7. The summed E-state index contributed by atoms with van der Waals surface area (Å²) in [5.74, 6) is -0.129. The van der Waals surface area contributed by atoms with Gasteiger partial charge in [-0.05, 0) is 31.2 Å². The minimum atomic E-state index is -0.718. The van der Waals surface area contributed by atoms with Crippen molar-refractivity contribution in [2.75, 3.05) is 27.4 Å². The van der Waals surface area contributed by atoms with Crippen LogP contribution in [0.15, 0.2) is 46.9 Å². The lowest BCUT2D eigenvalue weighted by Gasteiger charge is -2.09. The Morgan fingerprint density at radius 1 is 1.00 bits per heavy atom. The molecule has 0 aliphatic rings. The van der Waals surface area contributed by atoms with Gasteiger partial charge in [-0.3, -0.25) is 4.79 Å².